The van der Waals surface area contributed by atoms with E-state index in [9.17, 15) is 0 Å². The molecule has 0 aliphatic rings. The second-order valence-electron chi connectivity index (χ2n) is 2.80. The third-order valence-electron chi connectivity index (χ3n) is 1.97. The van der Waals surface area contributed by atoms with E-state index in [4.69, 9.17) is 5.73 Å². The minimum Gasteiger partial charge on any atom is -0.382 e. The smallest absolute Gasteiger partial charge is 0.149 e. The number of hydrogen-bond acceptors (Lipinski definition) is 3. The van der Waals surface area contributed by atoms with Crippen LogP contribution in [0.25, 0.3) is 10.9 Å². The van der Waals surface area contributed by atoms with E-state index in [1.807, 2.05) is 20.0 Å². The SMILES string of the molecule is Cc1nn(C)c2c(N)nccc12. The zero-order valence-electron chi connectivity index (χ0n) is 7.07. The van der Waals surface area contributed by atoms with Gasteiger partial charge in [0.05, 0.1) is 5.69 Å². The highest BCUT2D eigenvalue weighted by molar-refractivity contribution is 5.89. The summed E-state index contributed by atoms with van der Waals surface area (Å²) in [5.41, 5.74) is 7.60. The van der Waals surface area contributed by atoms with E-state index in [2.05, 4.69) is 10.1 Å². The van der Waals surface area contributed by atoms with E-state index in [0.29, 0.717) is 5.82 Å². The first-order chi connectivity index (χ1) is 5.70. The number of nitrogens with zero attached hydrogens (tertiary/aromatic N) is 3. The molecule has 2 N–H and O–H groups in total. The minimum absolute atomic E-state index is 0.538. The summed E-state index contributed by atoms with van der Waals surface area (Å²) in [4.78, 5) is 4.00. The lowest BCUT2D eigenvalue weighted by Crippen LogP contribution is -1.96. The molecule has 0 atom stereocenters. The Kier molecular flexibility index (Phi) is 1.30. The summed E-state index contributed by atoms with van der Waals surface area (Å²) in [6.07, 6.45) is 1.70. The Morgan fingerprint density at radius 1 is 1.50 bits per heavy atom. The van der Waals surface area contributed by atoms with Crippen molar-refractivity contribution in [2.45, 2.75) is 6.92 Å². The Balaban J connectivity index is 2.99. The lowest BCUT2D eigenvalue weighted by atomic mass is 10.2. The molecule has 12 heavy (non-hydrogen) atoms. The van der Waals surface area contributed by atoms with Gasteiger partial charge in [-0.1, -0.05) is 0 Å². The highest BCUT2D eigenvalue weighted by Gasteiger charge is 2.06. The van der Waals surface area contributed by atoms with Gasteiger partial charge in [-0.25, -0.2) is 4.98 Å². The van der Waals surface area contributed by atoms with E-state index in [1.165, 1.54) is 0 Å². The molecule has 0 aromatic carbocycles. The van der Waals surface area contributed by atoms with Crippen molar-refractivity contribution in [3.8, 4) is 0 Å². The Hall–Kier alpha value is -1.58. The predicted molar refractivity (Wildman–Crippen MR) is 47.7 cm³/mol. The lowest BCUT2D eigenvalue weighted by molar-refractivity contribution is 0.783. The summed E-state index contributed by atoms with van der Waals surface area (Å²) in [7, 11) is 1.87. The molecular weight excluding hydrogens is 152 g/mol. The van der Waals surface area contributed by atoms with Gasteiger partial charge in [0.25, 0.3) is 0 Å². The number of rotatable bonds is 0. The highest BCUT2D eigenvalue weighted by atomic mass is 15.3. The molecule has 2 heterocycles. The second kappa shape index (κ2) is 2.20. The van der Waals surface area contributed by atoms with E-state index >= 15 is 0 Å². The first kappa shape index (κ1) is 7.09. The van der Waals surface area contributed by atoms with Crippen LogP contribution in [0.1, 0.15) is 5.69 Å². The Labute approximate surface area is 70.0 Å². The van der Waals surface area contributed by atoms with Gasteiger partial charge in [-0.2, -0.15) is 5.10 Å². The number of pyridine rings is 1. The number of hydrogen-bond donors (Lipinski definition) is 1. The third kappa shape index (κ3) is 0.777. The maximum atomic E-state index is 5.70. The molecule has 0 aliphatic heterocycles. The molecule has 62 valence electrons. The zero-order valence-corrected chi connectivity index (χ0v) is 7.07. The molecule has 2 aromatic heterocycles. The van der Waals surface area contributed by atoms with Gasteiger partial charge in [0, 0.05) is 18.6 Å². The molecule has 0 aliphatic carbocycles. The maximum Gasteiger partial charge on any atom is 0.149 e. The number of nitrogens with two attached hydrogens (primary N) is 1. The second-order valence-corrected chi connectivity index (χ2v) is 2.80. The van der Waals surface area contributed by atoms with Crippen LogP contribution < -0.4 is 5.73 Å². The topological polar surface area (TPSA) is 56.7 Å². The number of aryl methyl sites for hydroxylation is 2. The van der Waals surface area contributed by atoms with Crippen LogP contribution in [0.2, 0.25) is 0 Å². The monoisotopic (exact) mass is 162 g/mol. The molecule has 0 radical (unpaired) electrons. The van der Waals surface area contributed by atoms with E-state index in [0.717, 1.165) is 16.6 Å². The van der Waals surface area contributed by atoms with E-state index < -0.39 is 0 Å². The van der Waals surface area contributed by atoms with Crippen molar-refractivity contribution in [1.82, 2.24) is 14.8 Å². The summed E-state index contributed by atoms with van der Waals surface area (Å²) in [6.45, 7) is 1.96. The number of aromatic nitrogens is 3. The Morgan fingerprint density at radius 3 is 2.92 bits per heavy atom. The van der Waals surface area contributed by atoms with Crippen molar-refractivity contribution in [3.63, 3.8) is 0 Å². The average Bonchev–Trinajstić information content (AvgIpc) is 2.29. The summed E-state index contributed by atoms with van der Waals surface area (Å²) in [6, 6.07) is 1.92. The standard InChI is InChI=1S/C8H10N4/c1-5-6-3-4-10-8(9)7(6)12(2)11-5/h3-4H,1-2H3,(H2,9,10). The molecule has 4 heteroatoms. The first-order valence-electron chi connectivity index (χ1n) is 3.74. The quantitative estimate of drug-likeness (QED) is 0.625. The number of anilines is 1. The van der Waals surface area contributed by atoms with Gasteiger partial charge < -0.3 is 5.73 Å². The highest BCUT2D eigenvalue weighted by Crippen LogP contribution is 2.20. The summed E-state index contributed by atoms with van der Waals surface area (Å²) in [5.74, 6) is 0.538. The largest absolute Gasteiger partial charge is 0.382 e. The molecule has 0 saturated carbocycles. The fourth-order valence-electron chi connectivity index (χ4n) is 1.43. The van der Waals surface area contributed by atoms with E-state index in [-0.39, 0.29) is 0 Å². The molecule has 2 aromatic rings. The van der Waals surface area contributed by atoms with Crippen molar-refractivity contribution < 1.29 is 0 Å². The van der Waals surface area contributed by atoms with Crippen molar-refractivity contribution in [3.05, 3.63) is 18.0 Å². The number of fused-ring (bicyclic) bond motifs is 1. The number of nitrogen functional groups attached to an aromatic ring is 1. The van der Waals surface area contributed by atoms with Crippen molar-refractivity contribution in [2.75, 3.05) is 5.73 Å². The van der Waals surface area contributed by atoms with Crippen LogP contribution in [0.3, 0.4) is 0 Å². The van der Waals surface area contributed by atoms with Crippen LogP contribution >= 0.6 is 0 Å². The maximum absolute atomic E-state index is 5.70. The molecule has 0 bridgehead atoms. The normalized spacial score (nSPS) is 10.8. The van der Waals surface area contributed by atoms with Crippen LogP contribution in [0.15, 0.2) is 12.3 Å². The molecule has 0 unspecified atom stereocenters. The fraction of sp³-hybridized carbons (Fsp3) is 0.250. The van der Waals surface area contributed by atoms with Crippen molar-refractivity contribution in [1.29, 1.82) is 0 Å². The van der Waals surface area contributed by atoms with Gasteiger partial charge in [0.1, 0.15) is 11.3 Å². The Bertz CT molecular complexity index is 430. The molecule has 0 amide bonds. The fourth-order valence-corrected chi connectivity index (χ4v) is 1.43. The van der Waals surface area contributed by atoms with Crippen LogP contribution in [0.4, 0.5) is 5.82 Å². The van der Waals surface area contributed by atoms with Gasteiger partial charge in [-0.05, 0) is 13.0 Å². The van der Waals surface area contributed by atoms with Crippen molar-refractivity contribution >= 4 is 16.7 Å². The lowest BCUT2D eigenvalue weighted by Gasteiger charge is -1.96. The average molecular weight is 162 g/mol. The molecule has 2 rings (SSSR count). The minimum atomic E-state index is 0.538. The van der Waals surface area contributed by atoms with Gasteiger partial charge in [0.2, 0.25) is 0 Å². The van der Waals surface area contributed by atoms with Crippen LogP contribution in [-0.2, 0) is 7.05 Å². The summed E-state index contributed by atoms with van der Waals surface area (Å²) < 4.78 is 1.76. The van der Waals surface area contributed by atoms with Crippen molar-refractivity contribution in [2.24, 2.45) is 7.05 Å². The van der Waals surface area contributed by atoms with Crippen LogP contribution in [-0.4, -0.2) is 14.8 Å². The van der Waals surface area contributed by atoms with Gasteiger partial charge in [-0.3, -0.25) is 4.68 Å². The molecule has 0 fully saturated rings. The first-order valence-corrected chi connectivity index (χ1v) is 3.74. The molecule has 0 spiro atoms. The summed E-state index contributed by atoms with van der Waals surface area (Å²) in [5, 5.41) is 5.32. The van der Waals surface area contributed by atoms with Gasteiger partial charge >= 0.3 is 0 Å². The molecule has 4 nitrogen and oxygen atoms in total. The molecule has 0 saturated heterocycles. The third-order valence-corrected chi connectivity index (χ3v) is 1.97. The van der Waals surface area contributed by atoms with Crippen LogP contribution in [0.5, 0.6) is 0 Å². The zero-order chi connectivity index (χ0) is 8.72. The predicted octanol–water partition coefficient (Wildman–Crippen LogP) is 0.859. The molecular formula is C8H10N4. The Morgan fingerprint density at radius 2 is 2.25 bits per heavy atom. The van der Waals surface area contributed by atoms with Crippen LogP contribution in [0, 0.1) is 6.92 Å². The van der Waals surface area contributed by atoms with Gasteiger partial charge in [0.15, 0.2) is 0 Å². The van der Waals surface area contributed by atoms with Gasteiger partial charge in [-0.15, -0.1) is 0 Å². The van der Waals surface area contributed by atoms with E-state index in [1.54, 1.807) is 10.9 Å². The summed E-state index contributed by atoms with van der Waals surface area (Å²) >= 11 is 0.